The fourth-order valence-electron chi connectivity index (χ4n) is 1.27. The van der Waals surface area contributed by atoms with E-state index in [1.165, 1.54) is 4.88 Å². The van der Waals surface area contributed by atoms with Gasteiger partial charge < -0.3 is 0 Å². The van der Waals surface area contributed by atoms with Gasteiger partial charge in [-0.3, -0.25) is 5.84 Å². The van der Waals surface area contributed by atoms with Crippen molar-refractivity contribution in [3.8, 4) is 0 Å². The van der Waals surface area contributed by atoms with Crippen LogP contribution in [0.15, 0.2) is 36.0 Å². The quantitative estimate of drug-likeness (QED) is 0.583. The molecule has 2 rings (SSSR count). The van der Waals surface area contributed by atoms with Crippen LogP contribution in [0.3, 0.4) is 0 Å². The summed E-state index contributed by atoms with van der Waals surface area (Å²) in [5.41, 5.74) is 3.78. The molecule has 0 aliphatic heterocycles. The number of nitrogens with zero attached hydrogens (tertiary/aromatic N) is 2. The molecule has 0 saturated carbocycles. The van der Waals surface area contributed by atoms with Gasteiger partial charge in [0.2, 0.25) is 0 Å². The number of hydrogen-bond donors (Lipinski definition) is 2. The number of aromatic nitrogens is 2. The Bertz CT molecular complexity index is 373. The lowest BCUT2D eigenvalue weighted by Gasteiger charge is -2.13. The summed E-state index contributed by atoms with van der Waals surface area (Å²) < 4.78 is 0. The smallest absolute Gasteiger partial charge is 0.0818 e. The van der Waals surface area contributed by atoms with Crippen molar-refractivity contribution in [2.75, 3.05) is 0 Å². The van der Waals surface area contributed by atoms with Crippen molar-refractivity contribution < 1.29 is 0 Å². The lowest BCUT2D eigenvalue weighted by atomic mass is 10.1. The Kier molecular flexibility index (Phi) is 2.83. The molecule has 2 aromatic heterocycles. The van der Waals surface area contributed by atoms with Crippen LogP contribution in [0.1, 0.15) is 16.5 Å². The summed E-state index contributed by atoms with van der Waals surface area (Å²) in [6, 6.07) is 5.94. The molecule has 2 aromatic rings. The minimum Gasteiger partial charge on any atom is -0.271 e. The Morgan fingerprint density at radius 3 is 2.86 bits per heavy atom. The van der Waals surface area contributed by atoms with E-state index in [4.69, 9.17) is 5.84 Å². The third-order valence-electron chi connectivity index (χ3n) is 1.93. The minimum absolute atomic E-state index is 0.00509. The molecule has 2 heterocycles. The molecule has 72 valence electrons. The fourth-order valence-corrected chi connectivity index (χ4v) is 2.08. The van der Waals surface area contributed by atoms with E-state index >= 15 is 0 Å². The summed E-state index contributed by atoms with van der Waals surface area (Å²) >= 11 is 1.66. The molecule has 5 heteroatoms. The number of rotatable bonds is 3. The van der Waals surface area contributed by atoms with Crippen LogP contribution >= 0.6 is 11.3 Å². The summed E-state index contributed by atoms with van der Waals surface area (Å²) in [5, 5.41) is 9.57. The van der Waals surface area contributed by atoms with Crippen molar-refractivity contribution in [2.24, 2.45) is 5.84 Å². The molecule has 14 heavy (non-hydrogen) atoms. The van der Waals surface area contributed by atoms with Gasteiger partial charge in [0.25, 0.3) is 0 Å². The van der Waals surface area contributed by atoms with Crippen molar-refractivity contribution >= 4 is 11.3 Å². The third-order valence-corrected chi connectivity index (χ3v) is 2.87. The molecule has 0 saturated heterocycles. The van der Waals surface area contributed by atoms with Gasteiger partial charge in [-0.05, 0) is 23.1 Å². The average molecular weight is 206 g/mol. The van der Waals surface area contributed by atoms with Gasteiger partial charge in [0.05, 0.1) is 12.2 Å². The van der Waals surface area contributed by atoms with Crippen molar-refractivity contribution in [1.82, 2.24) is 15.6 Å². The molecule has 0 amide bonds. The van der Waals surface area contributed by atoms with Gasteiger partial charge >= 0.3 is 0 Å². The van der Waals surface area contributed by atoms with Gasteiger partial charge in [0, 0.05) is 11.1 Å². The van der Waals surface area contributed by atoms with Gasteiger partial charge in [-0.25, -0.2) is 5.43 Å². The highest BCUT2D eigenvalue weighted by Crippen LogP contribution is 2.23. The Morgan fingerprint density at radius 2 is 2.29 bits per heavy atom. The molecule has 0 bridgehead atoms. The van der Waals surface area contributed by atoms with E-state index in [-0.39, 0.29) is 6.04 Å². The van der Waals surface area contributed by atoms with E-state index in [0.29, 0.717) is 0 Å². The Morgan fingerprint density at radius 1 is 1.36 bits per heavy atom. The Labute approximate surface area is 85.8 Å². The normalized spacial score (nSPS) is 12.6. The number of thiophene rings is 1. The number of hydrogen-bond acceptors (Lipinski definition) is 5. The summed E-state index contributed by atoms with van der Waals surface area (Å²) in [6.45, 7) is 0. The van der Waals surface area contributed by atoms with Gasteiger partial charge in [-0.1, -0.05) is 6.07 Å². The average Bonchev–Trinajstić information content (AvgIpc) is 2.74. The van der Waals surface area contributed by atoms with Crippen molar-refractivity contribution in [3.63, 3.8) is 0 Å². The van der Waals surface area contributed by atoms with E-state index in [1.54, 1.807) is 23.7 Å². The molecule has 3 N–H and O–H groups in total. The lowest BCUT2D eigenvalue weighted by Crippen LogP contribution is -2.28. The second-order valence-corrected chi connectivity index (χ2v) is 3.77. The third kappa shape index (κ3) is 1.79. The molecular weight excluding hydrogens is 196 g/mol. The molecular formula is C9H10N4S. The lowest BCUT2D eigenvalue weighted by molar-refractivity contribution is 0.641. The maximum absolute atomic E-state index is 5.50. The highest BCUT2D eigenvalue weighted by atomic mass is 32.1. The zero-order valence-electron chi connectivity index (χ0n) is 7.42. The summed E-state index contributed by atoms with van der Waals surface area (Å²) in [6.07, 6.45) is 3.37. The molecule has 0 radical (unpaired) electrons. The predicted octanol–water partition coefficient (Wildman–Crippen LogP) is 1.09. The summed E-state index contributed by atoms with van der Waals surface area (Å²) in [7, 11) is 0. The van der Waals surface area contributed by atoms with Crippen LogP contribution in [-0.2, 0) is 0 Å². The van der Waals surface area contributed by atoms with E-state index in [2.05, 4.69) is 15.6 Å². The van der Waals surface area contributed by atoms with Crippen LogP contribution in [-0.4, -0.2) is 10.2 Å². The van der Waals surface area contributed by atoms with Crippen molar-refractivity contribution in [1.29, 1.82) is 0 Å². The number of nitrogens with two attached hydrogens (primary N) is 1. The van der Waals surface area contributed by atoms with Crippen LogP contribution in [0.4, 0.5) is 0 Å². The number of nitrogens with one attached hydrogen (secondary N) is 1. The van der Waals surface area contributed by atoms with Gasteiger partial charge in [0.1, 0.15) is 0 Å². The second kappa shape index (κ2) is 4.28. The zero-order chi connectivity index (χ0) is 9.80. The van der Waals surface area contributed by atoms with Crippen LogP contribution in [0.2, 0.25) is 0 Å². The van der Waals surface area contributed by atoms with E-state index in [0.717, 1.165) is 5.56 Å². The highest BCUT2D eigenvalue weighted by molar-refractivity contribution is 7.10. The van der Waals surface area contributed by atoms with Crippen LogP contribution < -0.4 is 11.3 Å². The first-order valence-electron chi connectivity index (χ1n) is 4.18. The second-order valence-electron chi connectivity index (χ2n) is 2.79. The maximum Gasteiger partial charge on any atom is 0.0818 e. The standard InChI is InChI=1S/C9H10N4S/c10-13-9(8-2-1-5-14-8)7-3-4-11-12-6-7/h1-6,9,13H,10H2. The largest absolute Gasteiger partial charge is 0.271 e. The topological polar surface area (TPSA) is 63.8 Å². The predicted molar refractivity (Wildman–Crippen MR) is 55.5 cm³/mol. The molecule has 1 unspecified atom stereocenters. The molecule has 0 aliphatic carbocycles. The van der Waals surface area contributed by atoms with E-state index < -0.39 is 0 Å². The molecule has 0 spiro atoms. The molecule has 4 nitrogen and oxygen atoms in total. The maximum atomic E-state index is 5.50. The van der Waals surface area contributed by atoms with Crippen LogP contribution in [0.5, 0.6) is 0 Å². The highest BCUT2D eigenvalue weighted by Gasteiger charge is 2.12. The zero-order valence-corrected chi connectivity index (χ0v) is 8.24. The van der Waals surface area contributed by atoms with Crippen molar-refractivity contribution in [2.45, 2.75) is 6.04 Å². The molecule has 1 atom stereocenters. The number of hydrazine groups is 1. The first kappa shape index (κ1) is 9.26. The van der Waals surface area contributed by atoms with Gasteiger partial charge in [0.15, 0.2) is 0 Å². The van der Waals surface area contributed by atoms with E-state index in [9.17, 15) is 0 Å². The first-order chi connectivity index (χ1) is 6.92. The monoisotopic (exact) mass is 206 g/mol. The minimum atomic E-state index is 0.00509. The van der Waals surface area contributed by atoms with Crippen LogP contribution in [0.25, 0.3) is 0 Å². The van der Waals surface area contributed by atoms with Gasteiger partial charge in [-0.15, -0.1) is 11.3 Å². The Balaban J connectivity index is 2.31. The van der Waals surface area contributed by atoms with Crippen molar-refractivity contribution in [3.05, 3.63) is 46.4 Å². The molecule has 0 aliphatic rings. The molecule has 0 aromatic carbocycles. The summed E-state index contributed by atoms with van der Waals surface area (Å²) in [4.78, 5) is 1.17. The van der Waals surface area contributed by atoms with Gasteiger partial charge in [-0.2, -0.15) is 10.2 Å². The summed E-state index contributed by atoms with van der Waals surface area (Å²) in [5.74, 6) is 5.50. The van der Waals surface area contributed by atoms with Crippen LogP contribution in [0, 0.1) is 0 Å². The van der Waals surface area contributed by atoms with E-state index in [1.807, 2.05) is 23.6 Å². The fraction of sp³-hybridized carbons (Fsp3) is 0.111. The first-order valence-corrected chi connectivity index (χ1v) is 5.06. The SMILES string of the molecule is NNC(c1ccnnc1)c1cccs1. The molecule has 0 fully saturated rings. The Hall–Kier alpha value is -1.30.